The molecule has 0 spiro atoms. The van der Waals surface area contributed by atoms with E-state index >= 15 is 0 Å². The summed E-state index contributed by atoms with van der Waals surface area (Å²) in [5.41, 5.74) is 1.07. The second kappa shape index (κ2) is 7.42. The highest BCUT2D eigenvalue weighted by Gasteiger charge is 2.36. The Labute approximate surface area is 149 Å². The highest BCUT2D eigenvalue weighted by molar-refractivity contribution is 5.82. The van der Waals surface area contributed by atoms with Crippen LogP contribution in [0, 0.1) is 5.82 Å². The standard InChI is InChI=1S/C20H28FN3O/c21-15-6-4-14(5-7-15)13-24-10-2-1-3-19(24)20(25)23-18-11-16-8-9-17(12-18)22-16/h4-7,16-19,22H,1-3,8-13H2,(H,23,25). The van der Waals surface area contributed by atoms with Crippen LogP contribution in [-0.4, -0.2) is 41.5 Å². The number of amides is 1. The first-order valence-electron chi connectivity index (χ1n) is 9.72. The van der Waals surface area contributed by atoms with Gasteiger partial charge in [0, 0.05) is 24.7 Å². The Bertz CT molecular complexity index is 593. The molecule has 0 aliphatic carbocycles. The lowest BCUT2D eigenvalue weighted by molar-refractivity contribution is -0.128. The van der Waals surface area contributed by atoms with Gasteiger partial charge in [0.2, 0.25) is 5.91 Å². The van der Waals surface area contributed by atoms with E-state index < -0.39 is 0 Å². The van der Waals surface area contributed by atoms with Gasteiger partial charge in [-0.1, -0.05) is 18.6 Å². The van der Waals surface area contributed by atoms with Gasteiger partial charge in [0.05, 0.1) is 6.04 Å². The summed E-state index contributed by atoms with van der Waals surface area (Å²) in [6.45, 7) is 1.66. The average molecular weight is 345 g/mol. The topological polar surface area (TPSA) is 44.4 Å². The first-order chi connectivity index (χ1) is 12.2. The number of rotatable bonds is 4. The van der Waals surface area contributed by atoms with Gasteiger partial charge < -0.3 is 10.6 Å². The van der Waals surface area contributed by atoms with Crippen molar-refractivity contribution in [1.82, 2.24) is 15.5 Å². The van der Waals surface area contributed by atoms with E-state index in [9.17, 15) is 9.18 Å². The van der Waals surface area contributed by atoms with Crippen LogP contribution in [0.4, 0.5) is 4.39 Å². The molecule has 4 nitrogen and oxygen atoms in total. The third kappa shape index (κ3) is 4.04. The zero-order valence-corrected chi connectivity index (χ0v) is 14.7. The van der Waals surface area contributed by atoms with Crippen molar-refractivity contribution in [2.24, 2.45) is 0 Å². The number of carbonyl (C=O) groups is 1. The van der Waals surface area contributed by atoms with Crippen LogP contribution in [0.15, 0.2) is 24.3 Å². The third-order valence-electron chi connectivity index (χ3n) is 6.03. The minimum absolute atomic E-state index is 0.0497. The van der Waals surface area contributed by atoms with Gasteiger partial charge in [-0.15, -0.1) is 0 Å². The molecule has 4 rings (SSSR count). The number of benzene rings is 1. The molecule has 5 heteroatoms. The molecule has 3 aliphatic heterocycles. The van der Waals surface area contributed by atoms with Crippen molar-refractivity contribution in [2.45, 2.75) is 75.7 Å². The Hall–Kier alpha value is -1.46. The molecule has 0 saturated carbocycles. The molecule has 3 saturated heterocycles. The van der Waals surface area contributed by atoms with E-state index in [0.29, 0.717) is 18.1 Å². The number of likely N-dealkylation sites (tertiary alicyclic amines) is 1. The van der Waals surface area contributed by atoms with Crippen LogP contribution in [0.1, 0.15) is 50.5 Å². The molecule has 136 valence electrons. The van der Waals surface area contributed by atoms with Gasteiger partial charge in [-0.3, -0.25) is 9.69 Å². The van der Waals surface area contributed by atoms with Crippen LogP contribution in [-0.2, 0) is 11.3 Å². The molecule has 3 fully saturated rings. The highest BCUT2D eigenvalue weighted by atomic mass is 19.1. The maximum atomic E-state index is 13.1. The van der Waals surface area contributed by atoms with Crippen LogP contribution in [0.2, 0.25) is 0 Å². The van der Waals surface area contributed by atoms with E-state index in [1.807, 2.05) is 12.1 Å². The molecular formula is C20H28FN3O. The molecule has 3 unspecified atom stereocenters. The van der Waals surface area contributed by atoms with Crippen LogP contribution in [0.3, 0.4) is 0 Å². The number of nitrogens with zero attached hydrogens (tertiary/aromatic N) is 1. The quantitative estimate of drug-likeness (QED) is 0.882. The third-order valence-corrected chi connectivity index (χ3v) is 6.03. The van der Waals surface area contributed by atoms with Gasteiger partial charge in [-0.25, -0.2) is 4.39 Å². The van der Waals surface area contributed by atoms with Crippen LogP contribution < -0.4 is 10.6 Å². The predicted octanol–water partition coefficient (Wildman–Crippen LogP) is 2.58. The SMILES string of the molecule is O=C(NC1CC2CCC(C1)N2)C1CCCCN1Cc1ccc(F)cc1. The van der Waals surface area contributed by atoms with E-state index in [-0.39, 0.29) is 17.8 Å². The molecule has 0 aromatic heterocycles. The van der Waals surface area contributed by atoms with Gasteiger partial charge in [-0.2, -0.15) is 0 Å². The summed E-state index contributed by atoms with van der Waals surface area (Å²) in [5, 5.41) is 6.96. The fourth-order valence-corrected chi connectivity index (χ4v) is 4.77. The van der Waals surface area contributed by atoms with Crippen molar-refractivity contribution < 1.29 is 9.18 Å². The minimum atomic E-state index is -0.211. The zero-order chi connectivity index (χ0) is 17.2. The zero-order valence-electron chi connectivity index (χ0n) is 14.7. The summed E-state index contributed by atoms with van der Waals surface area (Å²) in [6.07, 6.45) is 7.77. The smallest absolute Gasteiger partial charge is 0.237 e. The molecule has 0 radical (unpaired) electrons. The van der Waals surface area contributed by atoms with Gasteiger partial charge >= 0.3 is 0 Å². The average Bonchev–Trinajstić information content (AvgIpc) is 2.96. The van der Waals surface area contributed by atoms with E-state index in [4.69, 9.17) is 0 Å². The molecule has 2 bridgehead atoms. The molecule has 2 N–H and O–H groups in total. The van der Waals surface area contributed by atoms with E-state index in [0.717, 1.165) is 50.8 Å². The number of halogens is 1. The van der Waals surface area contributed by atoms with E-state index in [1.54, 1.807) is 0 Å². The predicted molar refractivity (Wildman–Crippen MR) is 95.6 cm³/mol. The number of piperidine rings is 2. The Morgan fingerprint density at radius 3 is 2.56 bits per heavy atom. The van der Waals surface area contributed by atoms with Crippen LogP contribution in [0.5, 0.6) is 0 Å². The maximum absolute atomic E-state index is 13.1. The largest absolute Gasteiger partial charge is 0.352 e. The first-order valence-corrected chi connectivity index (χ1v) is 9.72. The second-order valence-corrected chi connectivity index (χ2v) is 7.92. The molecule has 3 aliphatic rings. The van der Waals surface area contributed by atoms with Crippen molar-refractivity contribution >= 4 is 5.91 Å². The van der Waals surface area contributed by atoms with Crippen molar-refractivity contribution in [3.8, 4) is 0 Å². The van der Waals surface area contributed by atoms with E-state index in [1.165, 1.54) is 25.0 Å². The van der Waals surface area contributed by atoms with Crippen molar-refractivity contribution in [1.29, 1.82) is 0 Å². The number of carbonyl (C=O) groups excluding carboxylic acids is 1. The Balaban J connectivity index is 1.38. The monoisotopic (exact) mass is 345 g/mol. The van der Waals surface area contributed by atoms with Crippen LogP contribution in [0.25, 0.3) is 0 Å². The maximum Gasteiger partial charge on any atom is 0.237 e. The summed E-state index contributed by atoms with van der Waals surface area (Å²) in [6, 6.07) is 8.09. The molecule has 3 atom stereocenters. The summed E-state index contributed by atoms with van der Waals surface area (Å²) in [7, 11) is 0. The minimum Gasteiger partial charge on any atom is -0.352 e. The van der Waals surface area contributed by atoms with Crippen molar-refractivity contribution in [3.05, 3.63) is 35.6 Å². The molecule has 1 aromatic carbocycles. The Morgan fingerprint density at radius 2 is 1.84 bits per heavy atom. The number of fused-ring (bicyclic) bond motifs is 2. The molecule has 1 aromatic rings. The van der Waals surface area contributed by atoms with Crippen molar-refractivity contribution in [2.75, 3.05) is 6.54 Å². The first kappa shape index (κ1) is 17.0. The van der Waals surface area contributed by atoms with Crippen LogP contribution >= 0.6 is 0 Å². The lowest BCUT2D eigenvalue weighted by Gasteiger charge is -2.37. The van der Waals surface area contributed by atoms with Gasteiger partial charge in [0.1, 0.15) is 5.82 Å². The summed E-state index contributed by atoms with van der Waals surface area (Å²) in [4.78, 5) is 15.2. The summed E-state index contributed by atoms with van der Waals surface area (Å²) in [5.74, 6) is -0.0228. The molecule has 1 amide bonds. The number of hydrogen-bond donors (Lipinski definition) is 2. The highest BCUT2D eigenvalue weighted by Crippen LogP contribution is 2.27. The van der Waals surface area contributed by atoms with Gasteiger partial charge in [0.15, 0.2) is 0 Å². The summed E-state index contributed by atoms with van der Waals surface area (Å²) < 4.78 is 13.1. The van der Waals surface area contributed by atoms with E-state index in [2.05, 4.69) is 15.5 Å². The number of hydrogen-bond acceptors (Lipinski definition) is 3. The van der Waals surface area contributed by atoms with Crippen molar-refractivity contribution in [3.63, 3.8) is 0 Å². The van der Waals surface area contributed by atoms with Gasteiger partial charge in [-0.05, 0) is 62.8 Å². The molecule has 25 heavy (non-hydrogen) atoms. The fraction of sp³-hybridized carbons (Fsp3) is 0.650. The lowest BCUT2D eigenvalue weighted by Crippen LogP contribution is -2.54. The number of nitrogens with one attached hydrogen (secondary N) is 2. The fourth-order valence-electron chi connectivity index (χ4n) is 4.77. The molecule has 3 heterocycles. The second-order valence-electron chi connectivity index (χ2n) is 7.92. The van der Waals surface area contributed by atoms with Gasteiger partial charge in [0.25, 0.3) is 0 Å². The summed E-state index contributed by atoms with van der Waals surface area (Å²) >= 11 is 0. The normalized spacial score (nSPS) is 32.5. The Morgan fingerprint density at radius 1 is 1.12 bits per heavy atom. The molecular weight excluding hydrogens is 317 g/mol. The lowest BCUT2D eigenvalue weighted by atomic mass is 9.97. The Kier molecular flexibility index (Phi) is 5.04.